The summed E-state index contributed by atoms with van der Waals surface area (Å²) in [7, 11) is 2.13. The SMILES string of the molecule is Cn1c(-c2ccccc2)nc2c1CN(Cc1ccncc1)CC2. The molecule has 0 atom stereocenters. The van der Waals surface area contributed by atoms with Crippen molar-refractivity contribution in [3.8, 4) is 11.4 Å². The molecule has 1 aliphatic heterocycles. The molecule has 0 spiro atoms. The zero-order chi connectivity index (χ0) is 15.6. The van der Waals surface area contributed by atoms with Gasteiger partial charge in [-0.25, -0.2) is 4.98 Å². The van der Waals surface area contributed by atoms with Crippen LogP contribution in [0.15, 0.2) is 54.9 Å². The van der Waals surface area contributed by atoms with Crippen molar-refractivity contribution in [1.82, 2.24) is 19.4 Å². The number of hydrogen-bond donors (Lipinski definition) is 0. The molecule has 1 aliphatic rings. The van der Waals surface area contributed by atoms with Crippen LogP contribution in [0.1, 0.15) is 17.0 Å². The van der Waals surface area contributed by atoms with Gasteiger partial charge in [-0.15, -0.1) is 0 Å². The van der Waals surface area contributed by atoms with Crippen LogP contribution in [0.4, 0.5) is 0 Å². The van der Waals surface area contributed by atoms with Gasteiger partial charge >= 0.3 is 0 Å². The number of benzene rings is 1. The summed E-state index contributed by atoms with van der Waals surface area (Å²) >= 11 is 0. The molecular formula is C19H20N4. The Morgan fingerprint density at radius 3 is 2.61 bits per heavy atom. The lowest BCUT2D eigenvalue weighted by atomic mass is 10.1. The van der Waals surface area contributed by atoms with E-state index in [1.165, 1.54) is 22.5 Å². The molecule has 116 valence electrons. The van der Waals surface area contributed by atoms with E-state index in [1.807, 2.05) is 18.5 Å². The second-order valence-electron chi connectivity index (χ2n) is 6.07. The molecule has 0 unspecified atom stereocenters. The van der Waals surface area contributed by atoms with Gasteiger partial charge in [0.25, 0.3) is 0 Å². The highest BCUT2D eigenvalue weighted by Crippen LogP contribution is 2.26. The second kappa shape index (κ2) is 5.97. The fourth-order valence-electron chi connectivity index (χ4n) is 3.27. The van der Waals surface area contributed by atoms with Crippen LogP contribution in [-0.2, 0) is 26.6 Å². The van der Waals surface area contributed by atoms with Crippen molar-refractivity contribution in [2.24, 2.45) is 7.05 Å². The second-order valence-corrected chi connectivity index (χ2v) is 6.07. The molecule has 0 fully saturated rings. The summed E-state index contributed by atoms with van der Waals surface area (Å²) in [6, 6.07) is 14.6. The summed E-state index contributed by atoms with van der Waals surface area (Å²) in [5, 5.41) is 0. The normalized spacial score (nSPS) is 14.7. The maximum Gasteiger partial charge on any atom is 0.140 e. The Bertz CT molecular complexity index is 793. The van der Waals surface area contributed by atoms with Gasteiger partial charge in [-0.1, -0.05) is 30.3 Å². The molecule has 0 saturated heterocycles. The molecule has 2 aromatic heterocycles. The molecule has 0 bridgehead atoms. The molecule has 3 aromatic rings. The molecule has 0 N–H and O–H groups in total. The summed E-state index contributed by atoms with van der Waals surface area (Å²) in [6.07, 6.45) is 4.74. The van der Waals surface area contributed by atoms with Gasteiger partial charge < -0.3 is 4.57 Å². The monoisotopic (exact) mass is 304 g/mol. The highest BCUT2D eigenvalue weighted by Gasteiger charge is 2.23. The minimum absolute atomic E-state index is 0.952. The van der Waals surface area contributed by atoms with Gasteiger partial charge in [-0.2, -0.15) is 0 Å². The first-order valence-electron chi connectivity index (χ1n) is 8.02. The average Bonchev–Trinajstić information content (AvgIpc) is 2.93. The van der Waals surface area contributed by atoms with E-state index < -0.39 is 0 Å². The van der Waals surface area contributed by atoms with Gasteiger partial charge in [-0.3, -0.25) is 9.88 Å². The Morgan fingerprint density at radius 1 is 1.04 bits per heavy atom. The van der Waals surface area contributed by atoms with Crippen LogP contribution in [-0.4, -0.2) is 26.0 Å². The molecule has 0 radical (unpaired) electrons. The van der Waals surface area contributed by atoms with Crippen molar-refractivity contribution in [2.45, 2.75) is 19.5 Å². The highest BCUT2D eigenvalue weighted by molar-refractivity contribution is 5.56. The average molecular weight is 304 g/mol. The third-order valence-electron chi connectivity index (χ3n) is 4.52. The first kappa shape index (κ1) is 14.2. The lowest BCUT2D eigenvalue weighted by Crippen LogP contribution is -2.31. The highest BCUT2D eigenvalue weighted by atomic mass is 15.2. The minimum atomic E-state index is 0.952. The maximum atomic E-state index is 4.89. The van der Waals surface area contributed by atoms with E-state index in [4.69, 9.17) is 4.98 Å². The van der Waals surface area contributed by atoms with Gasteiger partial charge in [0, 0.05) is 51.1 Å². The summed E-state index contributed by atoms with van der Waals surface area (Å²) in [5.41, 5.74) is 5.08. The Hall–Kier alpha value is -2.46. The van der Waals surface area contributed by atoms with Crippen molar-refractivity contribution in [1.29, 1.82) is 0 Å². The van der Waals surface area contributed by atoms with Crippen molar-refractivity contribution in [2.75, 3.05) is 6.54 Å². The Kier molecular flexibility index (Phi) is 3.67. The summed E-state index contributed by atoms with van der Waals surface area (Å²) in [5.74, 6) is 1.07. The van der Waals surface area contributed by atoms with Gasteiger partial charge in [0.2, 0.25) is 0 Å². The van der Waals surface area contributed by atoms with Gasteiger partial charge in [0.1, 0.15) is 5.82 Å². The number of nitrogens with zero attached hydrogens (tertiary/aromatic N) is 4. The molecular weight excluding hydrogens is 284 g/mol. The molecule has 23 heavy (non-hydrogen) atoms. The molecule has 4 heteroatoms. The molecule has 0 aliphatic carbocycles. The number of imidazole rings is 1. The fourth-order valence-corrected chi connectivity index (χ4v) is 3.27. The van der Waals surface area contributed by atoms with Crippen LogP contribution in [0.5, 0.6) is 0 Å². The fraction of sp³-hybridized carbons (Fsp3) is 0.263. The summed E-state index contributed by atoms with van der Waals surface area (Å²) in [6.45, 7) is 2.97. The predicted molar refractivity (Wildman–Crippen MR) is 90.7 cm³/mol. The van der Waals surface area contributed by atoms with E-state index in [-0.39, 0.29) is 0 Å². The molecule has 0 amide bonds. The quantitative estimate of drug-likeness (QED) is 0.746. The Morgan fingerprint density at radius 2 is 1.83 bits per heavy atom. The van der Waals surface area contributed by atoms with E-state index in [1.54, 1.807) is 0 Å². The smallest absolute Gasteiger partial charge is 0.140 e. The van der Waals surface area contributed by atoms with E-state index in [9.17, 15) is 0 Å². The molecule has 3 heterocycles. The molecule has 4 nitrogen and oxygen atoms in total. The van der Waals surface area contributed by atoms with E-state index in [0.29, 0.717) is 0 Å². The third kappa shape index (κ3) is 2.78. The first-order valence-corrected chi connectivity index (χ1v) is 8.02. The maximum absolute atomic E-state index is 4.89. The van der Waals surface area contributed by atoms with Crippen molar-refractivity contribution in [3.05, 3.63) is 71.8 Å². The lowest BCUT2D eigenvalue weighted by molar-refractivity contribution is 0.238. The van der Waals surface area contributed by atoms with Crippen LogP contribution >= 0.6 is 0 Å². The van der Waals surface area contributed by atoms with Crippen molar-refractivity contribution >= 4 is 0 Å². The number of hydrogen-bond acceptors (Lipinski definition) is 3. The standard InChI is InChI=1S/C19H20N4/c1-22-18-14-23(13-15-7-10-20-11-8-15)12-9-17(18)21-19(22)16-5-3-2-4-6-16/h2-8,10-11H,9,12-14H2,1H3. The summed E-state index contributed by atoms with van der Waals surface area (Å²) in [4.78, 5) is 11.5. The third-order valence-corrected chi connectivity index (χ3v) is 4.52. The van der Waals surface area contributed by atoms with Crippen molar-refractivity contribution < 1.29 is 0 Å². The first-order chi connectivity index (χ1) is 11.3. The minimum Gasteiger partial charge on any atom is -0.330 e. The molecule has 1 aromatic carbocycles. The lowest BCUT2D eigenvalue weighted by Gasteiger charge is -2.27. The Labute approximate surface area is 136 Å². The van der Waals surface area contributed by atoms with Crippen molar-refractivity contribution in [3.63, 3.8) is 0 Å². The number of fused-ring (bicyclic) bond motifs is 1. The van der Waals surface area contributed by atoms with Crippen LogP contribution < -0.4 is 0 Å². The topological polar surface area (TPSA) is 34.0 Å². The van der Waals surface area contributed by atoms with E-state index in [0.717, 1.165) is 31.9 Å². The van der Waals surface area contributed by atoms with Gasteiger partial charge in [-0.05, 0) is 17.7 Å². The summed E-state index contributed by atoms with van der Waals surface area (Å²) < 4.78 is 2.25. The molecule has 4 rings (SSSR count). The number of rotatable bonds is 3. The zero-order valence-electron chi connectivity index (χ0n) is 13.3. The molecule has 0 saturated carbocycles. The van der Waals surface area contributed by atoms with Crippen LogP contribution in [0.25, 0.3) is 11.4 Å². The van der Waals surface area contributed by atoms with Crippen LogP contribution in [0.3, 0.4) is 0 Å². The van der Waals surface area contributed by atoms with Crippen LogP contribution in [0, 0.1) is 0 Å². The number of aromatic nitrogens is 3. The largest absolute Gasteiger partial charge is 0.330 e. The van der Waals surface area contributed by atoms with Crippen LogP contribution in [0.2, 0.25) is 0 Å². The van der Waals surface area contributed by atoms with E-state index >= 15 is 0 Å². The van der Waals surface area contributed by atoms with E-state index in [2.05, 4.69) is 57.9 Å². The number of pyridine rings is 1. The Balaban J connectivity index is 1.59. The zero-order valence-corrected chi connectivity index (χ0v) is 13.3. The van der Waals surface area contributed by atoms with Gasteiger partial charge in [0.15, 0.2) is 0 Å². The van der Waals surface area contributed by atoms with Gasteiger partial charge in [0.05, 0.1) is 11.4 Å². The predicted octanol–water partition coefficient (Wildman–Crippen LogP) is 3.04.